The highest BCUT2D eigenvalue weighted by molar-refractivity contribution is 5.90. The number of phenolic OH excluding ortho intramolecular Hbond substituents is 2. The average Bonchev–Trinajstić information content (AvgIpc) is 2.68. The van der Waals surface area contributed by atoms with Gasteiger partial charge in [-0.05, 0) is 30.5 Å². The molecule has 0 amide bonds. The van der Waals surface area contributed by atoms with Crippen molar-refractivity contribution in [2.45, 2.75) is 20.3 Å². The van der Waals surface area contributed by atoms with Gasteiger partial charge >= 0.3 is 0 Å². The Morgan fingerprint density at radius 3 is 2.38 bits per heavy atom. The highest BCUT2D eigenvalue weighted by Crippen LogP contribution is 2.43. The summed E-state index contributed by atoms with van der Waals surface area (Å²) in [5.74, 6) is 1.07. The van der Waals surface area contributed by atoms with Crippen LogP contribution in [0.5, 0.6) is 28.7 Å². The number of aromatic hydroxyl groups is 2. The van der Waals surface area contributed by atoms with Crippen molar-refractivity contribution in [3.63, 3.8) is 0 Å². The minimum atomic E-state index is -0.325. The topological polar surface area (TPSA) is 98.4 Å². The molecule has 3 rings (SSSR count). The number of fused-ring (bicyclic) bond motifs is 1. The Hall–Kier alpha value is -3.35. The van der Waals surface area contributed by atoms with Gasteiger partial charge in [0, 0.05) is 17.7 Å². The van der Waals surface area contributed by atoms with E-state index >= 15 is 0 Å². The first kappa shape index (κ1) is 20.4. The molecule has 0 bridgehead atoms. The average molecular weight is 400 g/mol. The van der Waals surface area contributed by atoms with E-state index in [1.165, 1.54) is 32.4 Å². The molecule has 0 aliphatic carbocycles. The summed E-state index contributed by atoms with van der Waals surface area (Å²) in [5, 5.41) is 19.5. The lowest BCUT2D eigenvalue weighted by molar-refractivity contribution is 0.269. The van der Waals surface area contributed by atoms with Crippen molar-refractivity contribution < 1.29 is 28.8 Å². The molecule has 0 spiro atoms. The lowest BCUT2D eigenvalue weighted by Crippen LogP contribution is -2.09. The van der Waals surface area contributed by atoms with E-state index in [1.807, 2.05) is 0 Å². The Bertz CT molecular complexity index is 1080. The summed E-state index contributed by atoms with van der Waals surface area (Å²) in [4.78, 5) is 13.0. The molecule has 0 aliphatic heterocycles. The second kappa shape index (κ2) is 8.34. The molecule has 0 saturated carbocycles. The number of ether oxygens (including phenoxy) is 3. The van der Waals surface area contributed by atoms with Crippen LogP contribution in [0, 0.1) is 5.92 Å². The zero-order valence-corrected chi connectivity index (χ0v) is 16.8. The molecule has 0 atom stereocenters. The summed E-state index contributed by atoms with van der Waals surface area (Å²) < 4.78 is 22.7. The van der Waals surface area contributed by atoms with Crippen molar-refractivity contribution in [2.75, 3.05) is 20.8 Å². The van der Waals surface area contributed by atoms with E-state index in [1.54, 1.807) is 12.1 Å². The number of methoxy groups -OCH3 is 2. The van der Waals surface area contributed by atoms with Gasteiger partial charge in [0.2, 0.25) is 5.75 Å². The number of hydrogen-bond donors (Lipinski definition) is 2. The van der Waals surface area contributed by atoms with Gasteiger partial charge in [0.15, 0.2) is 28.4 Å². The van der Waals surface area contributed by atoms with Gasteiger partial charge in [0.1, 0.15) is 16.7 Å². The van der Waals surface area contributed by atoms with Crippen LogP contribution >= 0.6 is 0 Å². The summed E-state index contributed by atoms with van der Waals surface area (Å²) in [7, 11) is 2.97. The lowest BCUT2D eigenvalue weighted by atomic mass is 10.1. The van der Waals surface area contributed by atoms with Gasteiger partial charge in [0.05, 0.1) is 20.8 Å². The van der Waals surface area contributed by atoms with Crippen LogP contribution in [0.3, 0.4) is 0 Å². The SMILES string of the molecule is COc1cc2oc(-c3ccc(O)c(O)c3)cc(=O)c2c(OCCC(C)C)c1OC. The zero-order valence-electron chi connectivity index (χ0n) is 16.8. The predicted octanol–water partition coefficient (Wildman–Crippen LogP) is 4.31. The monoisotopic (exact) mass is 400 g/mol. The Morgan fingerprint density at radius 2 is 1.76 bits per heavy atom. The van der Waals surface area contributed by atoms with E-state index in [4.69, 9.17) is 18.6 Å². The van der Waals surface area contributed by atoms with E-state index in [0.717, 1.165) is 6.42 Å². The first-order valence-electron chi connectivity index (χ1n) is 9.23. The molecule has 1 aromatic heterocycles. The molecule has 2 aromatic carbocycles. The van der Waals surface area contributed by atoms with Gasteiger partial charge in [0.25, 0.3) is 0 Å². The van der Waals surface area contributed by atoms with Crippen molar-refractivity contribution in [3.8, 4) is 40.1 Å². The molecule has 1 heterocycles. The third kappa shape index (κ3) is 4.08. The van der Waals surface area contributed by atoms with Gasteiger partial charge in [-0.15, -0.1) is 0 Å². The van der Waals surface area contributed by atoms with E-state index in [9.17, 15) is 15.0 Å². The van der Waals surface area contributed by atoms with Crippen LogP contribution in [0.2, 0.25) is 0 Å². The van der Waals surface area contributed by atoms with Crippen molar-refractivity contribution in [1.29, 1.82) is 0 Å². The molecule has 0 fully saturated rings. The summed E-state index contributed by atoms with van der Waals surface area (Å²) in [6, 6.07) is 7.06. The van der Waals surface area contributed by atoms with Crippen LogP contribution in [0.25, 0.3) is 22.3 Å². The normalized spacial score (nSPS) is 11.1. The van der Waals surface area contributed by atoms with Gasteiger partial charge in [-0.3, -0.25) is 4.79 Å². The Morgan fingerprint density at radius 1 is 1.00 bits per heavy atom. The molecule has 3 aromatic rings. The molecule has 0 saturated heterocycles. The Kier molecular flexibility index (Phi) is 5.87. The molecular weight excluding hydrogens is 376 g/mol. The number of hydrogen-bond acceptors (Lipinski definition) is 7. The maximum absolute atomic E-state index is 13.0. The smallest absolute Gasteiger partial charge is 0.204 e. The molecular formula is C22H24O7. The predicted molar refractivity (Wildman–Crippen MR) is 109 cm³/mol. The van der Waals surface area contributed by atoms with Crippen LogP contribution in [0.1, 0.15) is 20.3 Å². The van der Waals surface area contributed by atoms with Crippen LogP contribution in [-0.4, -0.2) is 31.0 Å². The highest BCUT2D eigenvalue weighted by Gasteiger charge is 2.21. The fourth-order valence-electron chi connectivity index (χ4n) is 2.95. The van der Waals surface area contributed by atoms with Gasteiger partial charge in [-0.25, -0.2) is 0 Å². The molecule has 154 valence electrons. The molecule has 29 heavy (non-hydrogen) atoms. The largest absolute Gasteiger partial charge is 0.504 e. The first-order valence-corrected chi connectivity index (χ1v) is 9.23. The van der Waals surface area contributed by atoms with E-state index < -0.39 is 0 Å². The lowest BCUT2D eigenvalue weighted by Gasteiger charge is -2.16. The van der Waals surface area contributed by atoms with Crippen molar-refractivity contribution in [2.24, 2.45) is 5.92 Å². The fraction of sp³-hybridized carbons (Fsp3) is 0.318. The first-order chi connectivity index (χ1) is 13.8. The van der Waals surface area contributed by atoms with Crippen molar-refractivity contribution in [3.05, 3.63) is 40.6 Å². The quantitative estimate of drug-likeness (QED) is 0.570. The summed E-state index contributed by atoms with van der Waals surface area (Å²) in [6.07, 6.45) is 0.804. The number of benzene rings is 2. The van der Waals surface area contributed by atoms with Crippen LogP contribution in [0.4, 0.5) is 0 Å². The van der Waals surface area contributed by atoms with Crippen LogP contribution < -0.4 is 19.6 Å². The summed E-state index contributed by atoms with van der Waals surface area (Å²) in [5.41, 5.74) is 0.378. The molecule has 7 heteroatoms. The molecule has 0 unspecified atom stereocenters. The van der Waals surface area contributed by atoms with Crippen LogP contribution in [-0.2, 0) is 0 Å². The maximum Gasteiger partial charge on any atom is 0.204 e. The van der Waals surface area contributed by atoms with Gasteiger partial charge in [-0.2, -0.15) is 0 Å². The number of rotatable bonds is 7. The van der Waals surface area contributed by atoms with Gasteiger partial charge < -0.3 is 28.8 Å². The Labute approximate surface area is 168 Å². The summed E-state index contributed by atoms with van der Waals surface area (Å²) >= 11 is 0. The van der Waals surface area contributed by atoms with Crippen molar-refractivity contribution >= 4 is 11.0 Å². The third-order valence-electron chi connectivity index (χ3n) is 4.52. The third-order valence-corrected chi connectivity index (χ3v) is 4.52. The minimum Gasteiger partial charge on any atom is -0.504 e. The minimum absolute atomic E-state index is 0.234. The van der Waals surface area contributed by atoms with Crippen LogP contribution in [0.15, 0.2) is 39.5 Å². The molecule has 0 radical (unpaired) electrons. The molecule has 7 nitrogen and oxygen atoms in total. The second-order valence-electron chi connectivity index (χ2n) is 7.02. The summed E-state index contributed by atoms with van der Waals surface area (Å²) in [6.45, 7) is 4.57. The van der Waals surface area contributed by atoms with E-state index in [0.29, 0.717) is 29.6 Å². The fourth-order valence-corrected chi connectivity index (χ4v) is 2.95. The van der Waals surface area contributed by atoms with E-state index in [2.05, 4.69) is 13.8 Å². The highest BCUT2D eigenvalue weighted by atomic mass is 16.5. The number of phenols is 2. The molecule has 0 aliphatic rings. The zero-order chi connectivity index (χ0) is 21.1. The van der Waals surface area contributed by atoms with Crippen molar-refractivity contribution in [1.82, 2.24) is 0 Å². The van der Waals surface area contributed by atoms with E-state index in [-0.39, 0.29) is 39.4 Å². The maximum atomic E-state index is 13.0. The Balaban J connectivity index is 2.20. The van der Waals surface area contributed by atoms with Gasteiger partial charge in [-0.1, -0.05) is 13.8 Å². The molecule has 2 N–H and O–H groups in total. The standard InChI is InChI=1S/C22H24O7/c1-12(2)7-8-28-22-20-16(25)10-17(13-5-6-14(23)15(24)9-13)29-18(20)11-19(26-3)21(22)27-4/h5-6,9-12,23-24H,7-8H2,1-4H3. The second-order valence-corrected chi connectivity index (χ2v) is 7.02.